The molecular weight excluding hydrogens is 322 g/mol. The van der Waals surface area contributed by atoms with Crippen LogP contribution in [0.25, 0.3) is 11.5 Å². The van der Waals surface area contributed by atoms with Crippen LogP contribution in [-0.2, 0) is 6.42 Å². The van der Waals surface area contributed by atoms with Crippen molar-refractivity contribution in [2.24, 2.45) is 5.92 Å². The average molecular weight is 339 g/mol. The lowest BCUT2D eigenvalue weighted by atomic mass is 10.1. The van der Waals surface area contributed by atoms with Gasteiger partial charge in [0.25, 0.3) is 5.91 Å². The minimum Gasteiger partial charge on any atom is -0.421 e. The van der Waals surface area contributed by atoms with Gasteiger partial charge in [0, 0.05) is 25.1 Å². The Morgan fingerprint density at radius 3 is 2.88 bits per heavy atom. The molecule has 5 nitrogen and oxygen atoms in total. The fourth-order valence-corrected chi connectivity index (χ4v) is 3.71. The summed E-state index contributed by atoms with van der Waals surface area (Å²) in [6, 6.07) is 13.6. The third-order valence-electron chi connectivity index (χ3n) is 4.26. The molecule has 0 aliphatic carbocycles. The molecule has 1 unspecified atom stereocenters. The first-order valence-electron chi connectivity index (χ1n) is 8.00. The number of benzene rings is 1. The molecule has 6 heteroatoms. The highest BCUT2D eigenvalue weighted by Gasteiger charge is 2.28. The van der Waals surface area contributed by atoms with Gasteiger partial charge in [-0.25, -0.2) is 0 Å². The zero-order valence-corrected chi connectivity index (χ0v) is 13.9. The van der Waals surface area contributed by atoms with Crippen LogP contribution in [-0.4, -0.2) is 34.1 Å². The first kappa shape index (κ1) is 15.1. The second-order valence-corrected chi connectivity index (χ2v) is 6.90. The molecule has 0 N–H and O–H groups in total. The molecule has 1 atom stereocenters. The van der Waals surface area contributed by atoms with Crippen LogP contribution < -0.4 is 0 Å². The molecule has 24 heavy (non-hydrogen) atoms. The number of carbonyl (C=O) groups is 1. The number of hydrogen-bond donors (Lipinski definition) is 0. The Bertz CT molecular complexity index is 814. The van der Waals surface area contributed by atoms with Gasteiger partial charge >= 0.3 is 0 Å². The number of rotatable bonds is 4. The topological polar surface area (TPSA) is 59.2 Å². The molecule has 0 spiro atoms. The van der Waals surface area contributed by atoms with E-state index in [0.29, 0.717) is 24.1 Å². The van der Waals surface area contributed by atoms with Crippen LogP contribution in [0.5, 0.6) is 0 Å². The Labute approximate surface area is 143 Å². The zero-order chi connectivity index (χ0) is 16.4. The molecule has 1 aromatic carbocycles. The quantitative estimate of drug-likeness (QED) is 0.730. The smallest absolute Gasteiger partial charge is 0.263 e. The van der Waals surface area contributed by atoms with Crippen molar-refractivity contribution in [3.8, 4) is 11.5 Å². The summed E-state index contributed by atoms with van der Waals surface area (Å²) in [5, 5.41) is 10.2. The summed E-state index contributed by atoms with van der Waals surface area (Å²) in [7, 11) is 0. The first-order valence-corrected chi connectivity index (χ1v) is 8.88. The van der Waals surface area contributed by atoms with E-state index in [1.165, 1.54) is 11.3 Å². The molecule has 0 radical (unpaired) electrons. The Morgan fingerprint density at radius 1 is 1.21 bits per heavy atom. The van der Waals surface area contributed by atoms with Crippen LogP contribution >= 0.6 is 11.3 Å². The molecule has 1 amide bonds. The van der Waals surface area contributed by atoms with Gasteiger partial charge in [-0.2, -0.15) is 0 Å². The maximum atomic E-state index is 12.4. The molecule has 3 aromatic rings. The molecular formula is C18H17N3O2S. The van der Waals surface area contributed by atoms with Gasteiger partial charge in [0.05, 0.1) is 4.88 Å². The number of hydrogen-bond acceptors (Lipinski definition) is 5. The normalized spacial score (nSPS) is 17.3. The molecule has 1 aliphatic heterocycles. The second kappa shape index (κ2) is 6.57. The molecule has 4 rings (SSSR count). The SMILES string of the molecule is O=C(c1cccs1)N1CCC(Cc2nnc(-c3ccccc3)o2)C1. The molecule has 2 aromatic heterocycles. The number of thiophene rings is 1. The van der Waals surface area contributed by atoms with Crippen molar-refractivity contribution in [2.75, 3.05) is 13.1 Å². The third kappa shape index (κ3) is 3.10. The van der Waals surface area contributed by atoms with Gasteiger partial charge in [0.1, 0.15) is 0 Å². The molecule has 1 saturated heterocycles. The average Bonchev–Trinajstić information content (AvgIpc) is 3.37. The Hall–Kier alpha value is -2.47. The predicted molar refractivity (Wildman–Crippen MR) is 91.8 cm³/mol. The van der Waals surface area contributed by atoms with E-state index in [4.69, 9.17) is 4.42 Å². The Balaban J connectivity index is 1.39. The number of aromatic nitrogens is 2. The summed E-state index contributed by atoms with van der Waals surface area (Å²) in [6.07, 6.45) is 1.69. The second-order valence-electron chi connectivity index (χ2n) is 5.95. The van der Waals surface area contributed by atoms with Gasteiger partial charge in [-0.05, 0) is 35.9 Å². The lowest BCUT2D eigenvalue weighted by Gasteiger charge is -2.14. The first-order chi connectivity index (χ1) is 11.8. The maximum absolute atomic E-state index is 12.4. The highest BCUT2D eigenvalue weighted by atomic mass is 32.1. The van der Waals surface area contributed by atoms with Crippen molar-refractivity contribution >= 4 is 17.2 Å². The lowest BCUT2D eigenvalue weighted by Crippen LogP contribution is -2.28. The third-order valence-corrected chi connectivity index (χ3v) is 5.11. The van der Waals surface area contributed by atoms with Gasteiger partial charge < -0.3 is 9.32 Å². The van der Waals surface area contributed by atoms with E-state index in [1.54, 1.807) is 0 Å². The van der Waals surface area contributed by atoms with E-state index < -0.39 is 0 Å². The van der Waals surface area contributed by atoms with Crippen molar-refractivity contribution in [1.29, 1.82) is 0 Å². The van der Waals surface area contributed by atoms with Crippen molar-refractivity contribution in [3.05, 3.63) is 58.6 Å². The summed E-state index contributed by atoms with van der Waals surface area (Å²) in [4.78, 5) is 15.1. The van der Waals surface area contributed by atoms with Gasteiger partial charge in [-0.15, -0.1) is 21.5 Å². The van der Waals surface area contributed by atoms with E-state index >= 15 is 0 Å². The van der Waals surface area contributed by atoms with E-state index in [-0.39, 0.29) is 5.91 Å². The number of likely N-dealkylation sites (tertiary alicyclic amines) is 1. The predicted octanol–water partition coefficient (Wildman–Crippen LogP) is 3.50. The molecule has 0 bridgehead atoms. The van der Waals surface area contributed by atoms with Crippen molar-refractivity contribution in [2.45, 2.75) is 12.8 Å². The van der Waals surface area contributed by atoms with Crippen molar-refractivity contribution in [1.82, 2.24) is 15.1 Å². The van der Waals surface area contributed by atoms with Gasteiger partial charge in [0.15, 0.2) is 0 Å². The van der Waals surface area contributed by atoms with E-state index in [2.05, 4.69) is 10.2 Å². The van der Waals surface area contributed by atoms with Crippen LogP contribution in [0.15, 0.2) is 52.3 Å². The monoisotopic (exact) mass is 339 g/mol. The molecule has 0 saturated carbocycles. The van der Waals surface area contributed by atoms with Crippen LogP contribution in [0.3, 0.4) is 0 Å². The van der Waals surface area contributed by atoms with E-state index in [9.17, 15) is 4.79 Å². The highest BCUT2D eigenvalue weighted by molar-refractivity contribution is 7.12. The standard InChI is InChI=1S/C18H17N3O2S/c22-18(15-7-4-10-24-15)21-9-8-13(12-21)11-16-19-20-17(23-16)14-5-2-1-3-6-14/h1-7,10,13H,8-9,11-12H2. The van der Waals surface area contributed by atoms with Crippen LogP contribution in [0, 0.1) is 5.92 Å². The summed E-state index contributed by atoms with van der Waals surface area (Å²) in [5.74, 6) is 1.69. The van der Waals surface area contributed by atoms with E-state index in [1.807, 2.05) is 52.7 Å². The van der Waals surface area contributed by atoms with Crippen LogP contribution in [0.4, 0.5) is 0 Å². The number of carbonyl (C=O) groups excluding carboxylic acids is 1. The van der Waals surface area contributed by atoms with Gasteiger partial charge in [-0.1, -0.05) is 24.3 Å². The Kier molecular flexibility index (Phi) is 4.13. The summed E-state index contributed by atoms with van der Waals surface area (Å²) >= 11 is 1.49. The van der Waals surface area contributed by atoms with Gasteiger partial charge in [-0.3, -0.25) is 4.79 Å². The lowest BCUT2D eigenvalue weighted by molar-refractivity contribution is 0.0791. The highest BCUT2D eigenvalue weighted by Crippen LogP contribution is 2.25. The van der Waals surface area contributed by atoms with Crippen LogP contribution in [0.1, 0.15) is 22.0 Å². The summed E-state index contributed by atoms with van der Waals surface area (Å²) < 4.78 is 5.78. The van der Waals surface area contributed by atoms with Gasteiger partial charge in [0.2, 0.25) is 11.8 Å². The zero-order valence-electron chi connectivity index (χ0n) is 13.1. The van der Waals surface area contributed by atoms with Crippen molar-refractivity contribution < 1.29 is 9.21 Å². The molecule has 122 valence electrons. The minimum atomic E-state index is 0.128. The largest absolute Gasteiger partial charge is 0.421 e. The minimum absolute atomic E-state index is 0.128. The van der Waals surface area contributed by atoms with E-state index in [0.717, 1.165) is 30.0 Å². The molecule has 3 heterocycles. The van der Waals surface area contributed by atoms with Crippen LogP contribution in [0.2, 0.25) is 0 Å². The number of nitrogens with zero attached hydrogens (tertiary/aromatic N) is 3. The molecule has 1 fully saturated rings. The summed E-state index contributed by atoms with van der Waals surface area (Å²) in [5.41, 5.74) is 0.928. The summed E-state index contributed by atoms with van der Waals surface area (Å²) in [6.45, 7) is 1.54. The number of amides is 1. The van der Waals surface area contributed by atoms with Crippen molar-refractivity contribution in [3.63, 3.8) is 0 Å². The molecule has 1 aliphatic rings. The fraction of sp³-hybridized carbons (Fsp3) is 0.278. The maximum Gasteiger partial charge on any atom is 0.263 e. The Morgan fingerprint density at radius 2 is 2.08 bits per heavy atom. The fourth-order valence-electron chi connectivity index (χ4n) is 3.02.